The molecule has 0 radical (unpaired) electrons. The molecule has 0 aliphatic rings. The van der Waals surface area contributed by atoms with Gasteiger partial charge in [0, 0.05) is 11.8 Å². The van der Waals surface area contributed by atoms with Crippen molar-refractivity contribution in [1.29, 1.82) is 0 Å². The molecule has 0 bridgehead atoms. The fraction of sp³-hybridized carbons (Fsp3) is 0.350. The standard InChI is InChI=1S/C20H24N2OS/c1-14(2)16-9-10-19-18(12-16)22-20(23-19)21-17(13-24-3)11-15-7-5-4-6-8-15/h4-10,12,14,17H,11,13H2,1-3H3,(H,21,22)/t17-/m0/s1. The molecule has 3 nitrogen and oxygen atoms in total. The molecule has 3 rings (SSSR count). The number of oxazole rings is 1. The Labute approximate surface area is 147 Å². The van der Waals surface area contributed by atoms with E-state index in [1.54, 1.807) is 0 Å². The van der Waals surface area contributed by atoms with Gasteiger partial charge in [-0.25, -0.2) is 0 Å². The Morgan fingerprint density at radius 3 is 2.62 bits per heavy atom. The number of nitrogens with one attached hydrogen (secondary N) is 1. The van der Waals surface area contributed by atoms with E-state index in [4.69, 9.17) is 4.42 Å². The molecule has 0 unspecified atom stereocenters. The van der Waals surface area contributed by atoms with Crippen LogP contribution in [0.25, 0.3) is 11.1 Å². The summed E-state index contributed by atoms with van der Waals surface area (Å²) in [4.78, 5) is 4.63. The number of fused-ring (bicyclic) bond motifs is 1. The topological polar surface area (TPSA) is 38.1 Å². The monoisotopic (exact) mass is 340 g/mol. The zero-order chi connectivity index (χ0) is 16.9. The molecule has 1 N–H and O–H groups in total. The molecule has 0 aliphatic heterocycles. The lowest BCUT2D eigenvalue weighted by Gasteiger charge is -2.16. The van der Waals surface area contributed by atoms with Crippen LogP contribution in [-0.4, -0.2) is 23.0 Å². The van der Waals surface area contributed by atoms with Gasteiger partial charge < -0.3 is 9.73 Å². The highest BCUT2D eigenvalue weighted by atomic mass is 32.2. The second kappa shape index (κ2) is 7.75. The fourth-order valence-corrected chi connectivity index (χ4v) is 3.39. The molecule has 1 atom stereocenters. The Balaban J connectivity index is 1.77. The van der Waals surface area contributed by atoms with E-state index in [1.807, 2.05) is 23.9 Å². The van der Waals surface area contributed by atoms with Crippen LogP contribution in [0.1, 0.15) is 30.9 Å². The summed E-state index contributed by atoms with van der Waals surface area (Å²) in [5, 5.41) is 3.47. The van der Waals surface area contributed by atoms with Gasteiger partial charge in [-0.2, -0.15) is 16.7 Å². The van der Waals surface area contributed by atoms with Crippen molar-refractivity contribution in [2.24, 2.45) is 0 Å². The quantitative estimate of drug-likeness (QED) is 0.630. The summed E-state index contributed by atoms with van der Waals surface area (Å²) in [5.41, 5.74) is 4.37. The van der Waals surface area contributed by atoms with E-state index >= 15 is 0 Å². The molecule has 0 fully saturated rings. The minimum Gasteiger partial charge on any atom is -0.424 e. The van der Waals surface area contributed by atoms with Gasteiger partial charge in [0.1, 0.15) is 5.52 Å². The van der Waals surface area contributed by atoms with E-state index in [1.165, 1.54) is 11.1 Å². The Morgan fingerprint density at radius 1 is 1.12 bits per heavy atom. The third kappa shape index (κ3) is 4.12. The van der Waals surface area contributed by atoms with Crippen LogP contribution in [0.15, 0.2) is 52.9 Å². The van der Waals surface area contributed by atoms with Gasteiger partial charge in [0.05, 0.1) is 0 Å². The molecule has 0 aliphatic carbocycles. The number of aromatic nitrogens is 1. The zero-order valence-corrected chi connectivity index (χ0v) is 15.3. The predicted molar refractivity (Wildman–Crippen MR) is 104 cm³/mol. The molecule has 2 aromatic carbocycles. The summed E-state index contributed by atoms with van der Waals surface area (Å²) in [7, 11) is 0. The highest BCUT2D eigenvalue weighted by Gasteiger charge is 2.14. The average molecular weight is 340 g/mol. The van der Waals surface area contributed by atoms with Gasteiger partial charge in [-0.05, 0) is 41.9 Å². The molecular weight excluding hydrogens is 316 g/mol. The van der Waals surface area contributed by atoms with Gasteiger partial charge in [-0.15, -0.1) is 0 Å². The van der Waals surface area contributed by atoms with Crippen LogP contribution in [-0.2, 0) is 6.42 Å². The third-order valence-electron chi connectivity index (χ3n) is 4.10. The molecule has 3 aromatic rings. The molecule has 0 saturated carbocycles. The van der Waals surface area contributed by atoms with E-state index in [-0.39, 0.29) is 0 Å². The van der Waals surface area contributed by atoms with Crippen LogP contribution in [0, 0.1) is 0 Å². The van der Waals surface area contributed by atoms with Crippen molar-refractivity contribution >= 4 is 28.9 Å². The first-order valence-electron chi connectivity index (χ1n) is 8.35. The molecule has 0 amide bonds. The number of hydrogen-bond acceptors (Lipinski definition) is 4. The summed E-state index contributed by atoms with van der Waals surface area (Å²) in [5.74, 6) is 1.50. The number of benzene rings is 2. The maximum absolute atomic E-state index is 5.89. The Hall–Kier alpha value is -1.94. The molecule has 126 valence electrons. The van der Waals surface area contributed by atoms with Crippen molar-refractivity contribution in [3.63, 3.8) is 0 Å². The number of hydrogen-bond donors (Lipinski definition) is 1. The maximum Gasteiger partial charge on any atom is 0.295 e. The lowest BCUT2D eigenvalue weighted by atomic mass is 10.0. The van der Waals surface area contributed by atoms with Gasteiger partial charge in [0.15, 0.2) is 5.58 Å². The van der Waals surface area contributed by atoms with E-state index in [0.29, 0.717) is 18.0 Å². The Morgan fingerprint density at radius 2 is 1.92 bits per heavy atom. The van der Waals surface area contributed by atoms with Crippen LogP contribution in [0.3, 0.4) is 0 Å². The van der Waals surface area contributed by atoms with E-state index in [2.05, 4.69) is 66.8 Å². The van der Waals surface area contributed by atoms with Crippen LogP contribution in [0.2, 0.25) is 0 Å². The first-order chi connectivity index (χ1) is 11.7. The first-order valence-corrected chi connectivity index (χ1v) is 9.75. The Bertz CT molecular complexity index is 783. The van der Waals surface area contributed by atoms with Gasteiger partial charge in [0.2, 0.25) is 0 Å². The molecule has 0 spiro atoms. The lowest BCUT2D eigenvalue weighted by molar-refractivity contribution is 0.600. The van der Waals surface area contributed by atoms with Crippen molar-refractivity contribution in [1.82, 2.24) is 4.98 Å². The van der Waals surface area contributed by atoms with E-state index in [0.717, 1.165) is 23.3 Å². The summed E-state index contributed by atoms with van der Waals surface area (Å²) in [6.07, 6.45) is 3.08. The van der Waals surface area contributed by atoms with Gasteiger partial charge >= 0.3 is 0 Å². The summed E-state index contributed by atoms with van der Waals surface area (Å²) in [6.45, 7) is 4.38. The highest BCUT2D eigenvalue weighted by Crippen LogP contribution is 2.24. The van der Waals surface area contributed by atoms with Crippen molar-refractivity contribution in [2.45, 2.75) is 32.2 Å². The predicted octanol–water partition coefficient (Wildman–Crippen LogP) is 5.34. The summed E-state index contributed by atoms with van der Waals surface area (Å²) >= 11 is 1.83. The lowest BCUT2D eigenvalue weighted by Crippen LogP contribution is -2.25. The minimum atomic E-state index is 0.292. The van der Waals surface area contributed by atoms with Crippen molar-refractivity contribution < 1.29 is 4.42 Å². The number of rotatable bonds is 7. The number of anilines is 1. The SMILES string of the molecule is CSC[C@H](Cc1ccccc1)Nc1nc2cc(C(C)C)ccc2o1. The molecule has 4 heteroatoms. The summed E-state index contributed by atoms with van der Waals surface area (Å²) < 4.78 is 5.89. The van der Waals surface area contributed by atoms with Crippen LogP contribution < -0.4 is 5.32 Å². The largest absolute Gasteiger partial charge is 0.424 e. The molecule has 1 heterocycles. The fourth-order valence-electron chi connectivity index (χ4n) is 2.79. The second-order valence-electron chi connectivity index (χ2n) is 6.39. The average Bonchev–Trinajstić information content (AvgIpc) is 2.97. The molecule has 24 heavy (non-hydrogen) atoms. The van der Waals surface area contributed by atoms with Crippen molar-refractivity contribution in [3.05, 3.63) is 59.7 Å². The molecular formula is C20H24N2OS. The molecule has 1 aromatic heterocycles. The summed E-state index contributed by atoms with van der Waals surface area (Å²) in [6, 6.07) is 17.7. The minimum absolute atomic E-state index is 0.292. The van der Waals surface area contributed by atoms with Crippen LogP contribution >= 0.6 is 11.8 Å². The van der Waals surface area contributed by atoms with Gasteiger partial charge in [0.25, 0.3) is 6.01 Å². The van der Waals surface area contributed by atoms with Crippen LogP contribution in [0.4, 0.5) is 6.01 Å². The highest BCUT2D eigenvalue weighted by molar-refractivity contribution is 7.98. The first kappa shape index (κ1) is 16.9. The zero-order valence-electron chi connectivity index (χ0n) is 14.5. The van der Waals surface area contributed by atoms with E-state index < -0.39 is 0 Å². The normalized spacial score (nSPS) is 12.7. The van der Waals surface area contributed by atoms with Crippen LogP contribution in [0.5, 0.6) is 0 Å². The van der Waals surface area contributed by atoms with E-state index in [9.17, 15) is 0 Å². The Kier molecular flexibility index (Phi) is 5.46. The number of nitrogens with zero attached hydrogens (tertiary/aromatic N) is 1. The van der Waals surface area contributed by atoms with Crippen molar-refractivity contribution in [3.8, 4) is 0 Å². The van der Waals surface area contributed by atoms with Gasteiger partial charge in [-0.3, -0.25) is 0 Å². The third-order valence-corrected chi connectivity index (χ3v) is 4.83. The molecule has 0 saturated heterocycles. The van der Waals surface area contributed by atoms with Gasteiger partial charge in [-0.1, -0.05) is 50.2 Å². The maximum atomic E-state index is 5.89. The number of thioether (sulfide) groups is 1. The second-order valence-corrected chi connectivity index (χ2v) is 7.30. The smallest absolute Gasteiger partial charge is 0.295 e. The van der Waals surface area contributed by atoms with Crippen molar-refractivity contribution in [2.75, 3.05) is 17.3 Å².